The van der Waals surface area contributed by atoms with E-state index in [0.717, 1.165) is 22.3 Å². The average molecular weight is 480 g/mol. The fraction of sp³-hybridized carbons (Fsp3) is 0.0800. The number of aliphatic carboxylic acids is 1. The molecule has 0 atom stereocenters. The molecular formula is C25H20N8O3. The van der Waals surface area contributed by atoms with E-state index < -0.39 is 18.3 Å². The molecule has 11 heteroatoms. The van der Waals surface area contributed by atoms with E-state index in [4.69, 9.17) is 10.1 Å². The van der Waals surface area contributed by atoms with E-state index >= 15 is 0 Å². The molecule has 1 amide bonds. The van der Waals surface area contributed by atoms with Gasteiger partial charge in [0.2, 0.25) is 5.91 Å². The Bertz CT molecular complexity index is 1540. The standard InChI is InChI=1S/C25H20N8O3/c34-21(11-22(35)36)30-18-10-17(12-27-13-18)24-31-25(29-15-19-14-26-7-8-28-19)23-20(6-9-33(23)32-24)16-4-2-1-3-5-16/h1-10,12-14H,11,15H2,(H,30,34)(H,35,36)(H,29,31,32). The first-order valence-corrected chi connectivity index (χ1v) is 11.0. The number of carbonyl (C=O) groups excluding carboxylic acids is 1. The minimum Gasteiger partial charge on any atom is -0.481 e. The van der Waals surface area contributed by atoms with Gasteiger partial charge in [0.15, 0.2) is 11.6 Å². The van der Waals surface area contributed by atoms with Crippen LogP contribution in [0.5, 0.6) is 0 Å². The fourth-order valence-corrected chi connectivity index (χ4v) is 3.69. The van der Waals surface area contributed by atoms with Crippen molar-refractivity contribution < 1.29 is 14.7 Å². The highest BCUT2D eigenvalue weighted by atomic mass is 16.4. The van der Waals surface area contributed by atoms with Crippen LogP contribution in [0.2, 0.25) is 0 Å². The summed E-state index contributed by atoms with van der Waals surface area (Å²) in [7, 11) is 0. The minimum atomic E-state index is -1.22. The lowest BCUT2D eigenvalue weighted by Crippen LogP contribution is -2.16. The molecule has 36 heavy (non-hydrogen) atoms. The molecule has 5 rings (SSSR count). The van der Waals surface area contributed by atoms with Crippen LogP contribution in [0.4, 0.5) is 11.5 Å². The van der Waals surface area contributed by atoms with E-state index in [0.29, 0.717) is 29.4 Å². The maximum Gasteiger partial charge on any atom is 0.312 e. The summed E-state index contributed by atoms with van der Waals surface area (Å²) >= 11 is 0. The van der Waals surface area contributed by atoms with Gasteiger partial charge in [-0.25, -0.2) is 9.50 Å². The van der Waals surface area contributed by atoms with Gasteiger partial charge in [0.1, 0.15) is 11.9 Å². The zero-order chi connectivity index (χ0) is 24.9. The van der Waals surface area contributed by atoms with Gasteiger partial charge in [-0.3, -0.25) is 24.5 Å². The Labute approximate surface area is 204 Å². The molecule has 11 nitrogen and oxygen atoms in total. The lowest BCUT2D eigenvalue weighted by atomic mass is 10.1. The van der Waals surface area contributed by atoms with Crippen molar-refractivity contribution in [2.75, 3.05) is 10.6 Å². The minimum absolute atomic E-state index is 0.342. The van der Waals surface area contributed by atoms with E-state index in [9.17, 15) is 9.59 Å². The molecule has 0 spiro atoms. The van der Waals surface area contributed by atoms with Crippen molar-refractivity contribution in [1.82, 2.24) is 29.5 Å². The first-order chi connectivity index (χ1) is 17.6. The number of carboxylic acids is 1. The molecule has 0 aliphatic heterocycles. The monoisotopic (exact) mass is 480 g/mol. The third-order valence-electron chi connectivity index (χ3n) is 5.24. The van der Waals surface area contributed by atoms with Crippen LogP contribution in [0.25, 0.3) is 28.0 Å². The molecule has 5 aromatic rings. The van der Waals surface area contributed by atoms with Gasteiger partial charge < -0.3 is 15.7 Å². The second kappa shape index (κ2) is 9.97. The smallest absolute Gasteiger partial charge is 0.312 e. The summed E-state index contributed by atoms with van der Waals surface area (Å²) < 4.78 is 1.74. The van der Waals surface area contributed by atoms with Crippen LogP contribution in [0.3, 0.4) is 0 Å². The molecule has 0 saturated heterocycles. The molecule has 0 saturated carbocycles. The number of rotatable bonds is 8. The van der Waals surface area contributed by atoms with Crippen molar-refractivity contribution in [2.45, 2.75) is 13.0 Å². The number of anilines is 2. The summed E-state index contributed by atoms with van der Waals surface area (Å²) in [5.74, 6) is -0.927. The third kappa shape index (κ3) is 4.99. The van der Waals surface area contributed by atoms with Gasteiger partial charge >= 0.3 is 5.97 Å². The van der Waals surface area contributed by atoms with Crippen molar-refractivity contribution in [3.8, 4) is 22.5 Å². The van der Waals surface area contributed by atoms with Crippen molar-refractivity contribution in [2.24, 2.45) is 0 Å². The van der Waals surface area contributed by atoms with Crippen LogP contribution in [-0.4, -0.2) is 46.5 Å². The normalized spacial score (nSPS) is 10.8. The Hall–Kier alpha value is -5.19. The summed E-state index contributed by atoms with van der Waals surface area (Å²) in [5, 5.41) is 19.4. The highest BCUT2D eigenvalue weighted by Crippen LogP contribution is 2.31. The number of benzene rings is 1. The summed E-state index contributed by atoms with van der Waals surface area (Å²) in [5.41, 5.74) is 4.39. The van der Waals surface area contributed by atoms with E-state index in [-0.39, 0.29) is 0 Å². The maximum atomic E-state index is 11.9. The lowest BCUT2D eigenvalue weighted by molar-refractivity contribution is -0.139. The topological polar surface area (TPSA) is 147 Å². The third-order valence-corrected chi connectivity index (χ3v) is 5.24. The number of aromatic nitrogens is 6. The zero-order valence-corrected chi connectivity index (χ0v) is 18.9. The Kier molecular flexibility index (Phi) is 6.26. The number of fused-ring (bicyclic) bond motifs is 1. The molecule has 0 fully saturated rings. The SMILES string of the molecule is O=C(O)CC(=O)Nc1cncc(-c2nc(NCc3cnccn3)c3c(-c4ccccc4)ccn3n2)c1. The van der Waals surface area contributed by atoms with Gasteiger partial charge in [0.05, 0.1) is 30.3 Å². The largest absolute Gasteiger partial charge is 0.481 e. The zero-order valence-electron chi connectivity index (χ0n) is 18.9. The Morgan fingerprint density at radius 2 is 1.83 bits per heavy atom. The molecule has 1 aromatic carbocycles. The van der Waals surface area contributed by atoms with Crippen LogP contribution >= 0.6 is 0 Å². The second-order valence-corrected chi connectivity index (χ2v) is 7.80. The first-order valence-electron chi connectivity index (χ1n) is 11.0. The molecule has 0 unspecified atom stereocenters. The quantitative estimate of drug-likeness (QED) is 0.285. The van der Waals surface area contributed by atoms with E-state index in [1.165, 1.54) is 6.20 Å². The van der Waals surface area contributed by atoms with Crippen LogP contribution in [-0.2, 0) is 16.1 Å². The molecular weight excluding hydrogens is 460 g/mol. The number of nitrogens with zero attached hydrogens (tertiary/aromatic N) is 6. The number of pyridine rings is 1. The molecule has 4 aromatic heterocycles. The van der Waals surface area contributed by atoms with Crippen molar-refractivity contribution >= 4 is 28.9 Å². The highest BCUT2D eigenvalue weighted by Gasteiger charge is 2.16. The molecule has 0 radical (unpaired) electrons. The molecule has 178 valence electrons. The Morgan fingerprint density at radius 1 is 0.972 bits per heavy atom. The van der Waals surface area contributed by atoms with Crippen LogP contribution in [0.1, 0.15) is 12.1 Å². The van der Waals surface area contributed by atoms with Gasteiger partial charge in [-0.2, -0.15) is 0 Å². The Balaban J connectivity index is 1.55. The van der Waals surface area contributed by atoms with Gasteiger partial charge in [-0.15, -0.1) is 5.10 Å². The summed E-state index contributed by atoms with van der Waals surface area (Å²) in [6.07, 6.45) is 9.12. The first kappa shape index (κ1) is 22.6. The molecule has 0 aliphatic rings. The van der Waals surface area contributed by atoms with Gasteiger partial charge in [-0.1, -0.05) is 30.3 Å². The maximum absolute atomic E-state index is 11.9. The number of nitrogens with one attached hydrogen (secondary N) is 2. The van der Waals surface area contributed by atoms with E-state index in [1.807, 2.05) is 42.6 Å². The van der Waals surface area contributed by atoms with Crippen molar-refractivity contribution in [3.63, 3.8) is 0 Å². The van der Waals surface area contributed by atoms with Crippen LogP contribution < -0.4 is 10.6 Å². The molecule has 3 N–H and O–H groups in total. The van der Waals surface area contributed by atoms with Gasteiger partial charge in [-0.05, 0) is 17.7 Å². The fourth-order valence-electron chi connectivity index (χ4n) is 3.69. The van der Waals surface area contributed by atoms with Crippen molar-refractivity contribution in [3.05, 3.63) is 85.3 Å². The molecule has 4 heterocycles. The van der Waals surface area contributed by atoms with Crippen LogP contribution in [0, 0.1) is 0 Å². The summed E-state index contributed by atoms with van der Waals surface area (Å²) in [4.78, 5) is 40.0. The van der Waals surface area contributed by atoms with Crippen LogP contribution in [0.15, 0.2) is 79.6 Å². The predicted molar refractivity (Wildman–Crippen MR) is 132 cm³/mol. The average Bonchev–Trinajstić information content (AvgIpc) is 3.32. The van der Waals surface area contributed by atoms with E-state index in [2.05, 4.69) is 30.7 Å². The number of carboxylic acid groups (broad SMARTS) is 1. The number of carbonyl (C=O) groups is 2. The lowest BCUT2D eigenvalue weighted by Gasteiger charge is -2.12. The number of hydrogen-bond acceptors (Lipinski definition) is 8. The summed E-state index contributed by atoms with van der Waals surface area (Å²) in [6, 6.07) is 13.5. The number of amides is 1. The molecule has 0 aliphatic carbocycles. The molecule has 0 bridgehead atoms. The predicted octanol–water partition coefficient (Wildman–Crippen LogP) is 3.27. The van der Waals surface area contributed by atoms with E-state index in [1.54, 1.807) is 35.4 Å². The Morgan fingerprint density at radius 3 is 2.61 bits per heavy atom. The summed E-state index contributed by atoms with van der Waals surface area (Å²) in [6.45, 7) is 0.392. The van der Waals surface area contributed by atoms with Crippen molar-refractivity contribution in [1.29, 1.82) is 0 Å². The second-order valence-electron chi connectivity index (χ2n) is 7.80. The van der Waals surface area contributed by atoms with Gasteiger partial charge in [0.25, 0.3) is 0 Å². The number of hydrogen-bond donors (Lipinski definition) is 3. The van der Waals surface area contributed by atoms with Gasteiger partial charge in [0, 0.05) is 35.9 Å². The highest BCUT2D eigenvalue weighted by molar-refractivity contribution is 6.01.